The lowest BCUT2D eigenvalue weighted by atomic mass is 10.3. The van der Waals surface area contributed by atoms with Gasteiger partial charge < -0.3 is 5.32 Å². The van der Waals surface area contributed by atoms with Crippen LogP contribution in [0.15, 0.2) is 23.2 Å². The minimum atomic E-state index is -3.43. The van der Waals surface area contributed by atoms with E-state index >= 15 is 0 Å². The second-order valence-corrected chi connectivity index (χ2v) is 7.35. The van der Waals surface area contributed by atoms with Crippen LogP contribution in [-0.4, -0.2) is 37.5 Å². The molecule has 0 saturated carbocycles. The minimum absolute atomic E-state index is 0.0511. The molecule has 2 rings (SSSR count). The molecule has 0 aromatic carbocycles. The van der Waals surface area contributed by atoms with Crippen molar-refractivity contribution in [2.45, 2.75) is 30.7 Å². The van der Waals surface area contributed by atoms with E-state index in [-0.39, 0.29) is 10.9 Å². The number of hydrogen-bond acceptors (Lipinski definition) is 5. The molecule has 1 saturated heterocycles. The highest BCUT2D eigenvalue weighted by Crippen LogP contribution is 2.20. The summed E-state index contributed by atoms with van der Waals surface area (Å²) in [5, 5.41) is 3.09. The highest BCUT2D eigenvalue weighted by atomic mass is 32.2. The molecule has 0 aliphatic carbocycles. The van der Waals surface area contributed by atoms with E-state index in [0.717, 1.165) is 30.9 Å². The number of thioether (sulfide) groups is 1. The predicted octanol–water partition coefficient (Wildman–Crippen LogP) is 1.69. The topological polar surface area (TPSA) is 71.1 Å². The van der Waals surface area contributed by atoms with Gasteiger partial charge >= 0.3 is 0 Å². The van der Waals surface area contributed by atoms with E-state index in [9.17, 15) is 8.42 Å². The van der Waals surface area contributed by atoms with Crippen LogP contribution < -0.4 is 10.0 Å². The van der Waals surface area contributed by atoms with Crippen LogP contribution in [0.3, 0.4) is 0 Å². The Morgan fingerprint density at radius 2 is 2.37 bits per heavy atom. The van der Waals surface area contributed by atoms with Gasteiger partial charge in [-0.1, -0.05) is 6.92 Å². The van der Waals surface area contributed by atoms with E-state index in [1.807, 2.05) is 6.92 Å². The number of nitrogens with zero attached hydrogens (tertiary/aromatic N) is 1. The molecule has 0 bridgehead atoms. The second kappa shape index (κ2) is 6.58. The molecule has 1 aliphatic rings. The normalized spacial score (nSPS) is 19.5. The van der Waals surface area contributed by atoms with Gasteiger partial charge in [0, 0.05) is 30.6 Å². The maximum absolute atomic E-state index is 12.2. The van der Waals surface area contributed by atoms with Crippen LogP contribution in [0.2, 0.25) is 0 Å². The molecule has 0 radical (unpaired) electrons. The molecule has 106 valence electrons. The monoisotopic (exact) mass is 301 g/mol. The largest absolute Gasteiger partial charge is 0.370 e. The van der Waals surface area contributed by atoms with Crippen LogP contribution in [0.1, 0.15) is 19.8 Å². The number of sulfonamides is 1. The van der Waals surface area contributed by atoms with Crippen molar-refractivity contribution in [3.8, 4) is 0 Å². The van der Waals surface area contributed by atoms with Gasteiger partial charge in [-0.15, -0.1) is 0 Å². The Balaban J connectivity index is 2.10. The molecule has 1 fully saturated rings. The van der Waals surface area contributed by atoms with Gasteiger partial charge in [0.1, 0.15) is 5.82 Å². The highest BCUT2D eigenvalue weighted by molar-refractivity contribution is 7.99. The average molecular weight is 301 g/mol. The van der Waals surface area contributed by atoms with E-state index in [4.69, 9.17) is 0 Å². The molecule has 5 nitrogen and oxygen atoms in total. The van der Waals surface area contributed by atoms with Crippen molar-refractivity contribution >= 4 is 27.6 Å². The van der Waals surface area contributed by atoms with E-state index in [0.29, 0.717) is 5.82 Å². The maximum atomic E-state index is 12.2. The van der Waals surface area contributed by atoms with Crippen LogP contribution in [0.4, 0.5) is 5.82 Å². The quantitative estimate of drug-likeness (QED) is 0.836. The molecule has 0 spiro atoms. The van der Waals surface area contributed by atoms with E-state index in [1.165, 1.54) is 12.3 Å². The Kier molecular flexibility index (Phi) is 5.06. The summed E-state index contributed by atoms with van der Waals surface area (Å²) >= 11 is 1.78. The van der Waals surface area contributed by atoms with Crippen molar-refractivity contribution in [3.05, 3.63) is 18.3 Å². The fourth-order valence-corrected chi connectivity index (χ4v) is 4.38. The first-order valence-corrected chi connectivity index (χ1v) is 9.05. The summed E-state index contributed by atoms with van der Waals surface area (Å²) in [4.78, 5) is 4.39. The standard InChI is InChI=1S/C12H19N3O2S2/c1-2-5-13-12-8-11(3-6-14-12)19(16,17)15-10-4-7-18-9-10/h3,6,8,10,15H,2,4-5,7,9H2,1H3,(H,13,14). The van der Waals surface area contributed by atoms with E-state index < -0.39 is 10.0 Å². The number of aromatic nitrogens is 1. The van der Waals surface area contributed by atoms with Crippen LogP contribution in [0.5, 0.6) is 0 Å². The Bertz CT molecular complexity index is 513. The fourth-order valence-electron chi connectivity index (χ4n) is 1.84. The SMILES string of the molecule is CCCNc1cc(S(=O)(=O)NC2CCSC2)ccn1. The number of rotatable bonds is 6. The van der Waals surface area contributed by atoms with E-state index in [2.05, 4.69) is 15.0 Å². The van der Waals surface area contributed by atoms with Gasteiger partial charge in [-0.2, -0.15) is 11.8 Å². The molecule has 2 heterocycles. The molecule has 2 N–H and O–H groups in total. The number of hydrogen-bond donors (Lipinski definition) is 2. The molecular formula is C12H19N3O2S2. The number of anilines is 1. The second-order valence-electron chi connectivity index (χ2n) is 4.49. The Morgan fingerprint density at radius 1 is 1.53 bits per heavy atom. The molecule has 0 amide bonds. The van der Waals surface area contributed by atoms with Crippen LogP contribution in [0, 0.1) is 0 Å². The van der Waals surface area contributed by atoms with Gasteiger partial charge in [0.05, 0.1) is 4.90 Å². The smallest absolute Gasteiger partial charge is 0.241 e. The van der Waals surface area contributed by atoms with Gasteiger partial charge in [-0.3, -0.25) is 0 Å². The first-order valence-electron chi connectivity index (χ1n) is 6.42. The molecule has 1 unspecified atom stereocenters. The lowest BCUT2D eigenvalue weighted by molar-refractivity contribution is 0.563. The number of pyridine rings is 1. The molecule has 7 heteroatoms. The zero-order valence-corrected chi connectivity index (χ0v) is 12.6. The highest BCUT2D eigenvalue weighted by Gasteiger charge is 2.23. The van der Waals surface area contributed by atoms with Crippen molar-refractivity contribution < 1.29 is 8.42 Å². The van der Waals surface area contributed by atoms with Gasteiger partial charge in [0.2, 0.25) is 10.0 Å². The molecule has 1 aromatic rings. The van der Waals surface area contributed by atoms with Gasteiger partial charge in [-0.25, -0.2) is 18.1 Å². The molecule has 1 aromatic heterocycles. The van der Waals surface area contributed by atoms with Crippen molar-refractivity contribution in [3.63, 3.8) is 0 Å². The third-order valence-electron chi connectivity index (χ3n) is 2.85. The summed E-state index contributed by atoms with van der Waals surface area (Å²) in [7, 11) is -3.43. The van der Waals surface area contributed by atoms with Crippen molar-refractivity contribution in [2.24, 2.45) is 0 Å². The summed E-state index contributed by atoms with van der Waals surface area (Å²) in [5.41, 5.74) is 0. The van der Waals surface area contributed by atoms with Gasteiger partial charge in [0.15, 0.2) is 0 Å². The average Bonchev–Trinajstić information content (AvgIpc) is 2.89. The predicted molar refractivity (Wildman–Crippen MR) is 79.1 cm³/mol. The zero-order chi connectivity index (χ0) is 13.7. The van der Waals surface area contributed by atoms with Crippen LogP contribution in [-0.2, 0) is 10.0 Å². The maximum Gasteiger partial charge on any atom is 0.241 e. The molecule has 1 aliphatic heterocycles. The lowest BCUT2D eigenvalue weighted by Gasteiger charge is -2.12. The lowest BCUT2D eigenvalue weighted by Crippen LogP contribution is -2.34. The molecular weight excluding hydrogens is 282 g/mol. The van der Waals surface area contributed by atoms with Crippen molar-refractivity contribution in [2.75, 3.05) is 23.4 Å². The number of nitrogens with one attached hydrogen (secondary N) is 2. The summed E-state index contributed by atoms with van der Waals surface area (Å²) in [6.45, 7) is 2.83. The fraction of sp³-hybridized carbons (Fsp3) is 0.583. The molecule has 19 heavy (non-hydrogen) atoms. The summed E-state index contributed by atoms with van der Waals surface area (Å²) < 4.78 is 27.2. The summed E-state index contributed by atoms with van der Waals surface area (Å²) in [5.74, 6) is 2.48. The summed E-state index contributed by atoms with van der Waals surface area (Å²) in [6.07, 6.45) is 3.39. The van der Waals surface area contributed by atoms with Gasteiger partial charge in [-0.05, 0) is 24.7 Å². The Morgan fingerprint density at radius 3 is 3.05 bits per heavy atom. The molecule has 1 atom stereocenters. The Labute approximate surface area is 118 Å². The minimum Gasteiger partial charge on any atom is -0.370 e. The first kappa shape index (κ1) is 14.6. The first-order chi connectivity index (χ1) is 9.12. The Hall–Kier alpha value is -0.790. The summed E-state index contributed by atoms with van der Waals surface area (Å²) in [6, 6.07) is 3.16. The van der Waals surface area contributed by atoms with E-state index in [1.54, 1.807) is 17.8 Å². The third-order valence-corrected chi connectivity index (χ3v) is 5.53. The van der Waals surface area contributed by atoms with Crippen LogP contribution in [0.25, 0.3) is 0 Å². The van der Waals surface area contributed by atoms with Crippen molar-refractivity contribution in [1.29, 1.82) is 0 Å². The third kappa shape index (κ3) is 4.09. The van der Waals surface area contributed by atoms with Crippen LogP contribution >= 0.6 is 11.8 Å². The van der Waals surface area contributed by atoms with Gasteiger partial charge in [0.25, 0.3) is 0 Å². The van der Waals surface area contributed by atoms with Crippen molar-refractivity contribution in [1.82, 2.24) is 9.71 Å². The zero-order valence-electron chi connectivity index (χ0n) is 10.9.